The van der Waals surface area contributed by atoms with Crippen LogP contribution in [0, 0.1) is 0 Å². The number of hydrogen-bond acceptors (Lipinski definition) is 4. The van der Waals surface area contributed by atoms with Gasteiger partial charge in [0.25, 0.3) is 5.91 Å². The van der Waals surface area contributed by atoms with Gasteiger partial charge in [0.15, 0.2) is 6.61 Å². The Morgan fingerprint density at radius 1 is 1.12 bits per heavy atom. The SMILES string of the molecule is CC(C)Oc1ccccc1C(=O)NCc1cccc(OCC(=O)O)c1. The van der Waals surface area contributed by atoms with E-state index in [0.717, 1.165) is 5.56 Å². The first-order valence-electron chi connectivity index (χ1n) is 7.93. The molecule has 0 atom stereocenters. The molecule has 0 radical (unpaired) electrons. The molecule has 0 aliphatic rings. The number of carboxylic acids is 1. The van der Waals surface area contributed by atoms with Crippen molar-refractivity contribution in [1.82, 2.24) is 5.32 Å². The van der Waals surface area contributed by atoms with E-state index in [-0.39, 0.29) is 12.0 Å². The molecule has 0 spiro atoms. The van der Waals surface area contributed by atoms with Crippen molar-refractivity contribution in [3.8, 4) is 11.5 Å². The fraction of sp³-hybridized carbons (Fsp3) is 0.263. The Bertz CT molecular complexity index is 742. The van der Waals surface area contributed by atoms with Crippen LogP contribution >= 0.6 is 0 Å². The second kappa shape index (κ2) is 8.73. The smallest absolute Gasteiger partial charge is 0.341 e. The van der Waals surface area contributed by atoms with Gasteiger partial charge in [0.05, 0.1) is 11.7 Å². The summed E-state index contributed by atoms with van der Waals surface area (Å²) >= 11 is 0. The lowest BCUT2D eigenvalue weighted by Gasteiger charge is -2.14. The van der Waals surface area contributed by atoms with Gasteiger partial charge >= 0.3 is 5.97 Å². The lowest BCUT2D eigenvalue weighted by Crippen LogP contribution is -2.24. The van der Waals surface area contributed by atoms with Crippen molar-refractivity contribution in [2.24, 2.45) is 0 Å². The van der Waals surface area contributed by atoms with Crippen LogP contribution in [0.4, 0.5) is 0 Å². The maximum absolute atomic E-state index is 12.4. The first-order valence-corrected chi connectivity index (χ1v) is 7.93. The maximum Gasteiger partial charge on any atom is 0.341 e. The van der Waals surface area contributed by atoms with Crippen LogP contribution in [0.15, 0.2) is 48.5 Å². The van der Waals surface area contributed by atoms with E-state index in [0.29, 0.717) is 23.6 Å². The topological polar surface area (TPSA) is 84.9 Å². The van der Waals surface area contributed by atoms with E-state index >= 15 is 0 Å². The second-order valence-corrected chi connectivity index (χ2v) is 5.68. The molecule has 2 rings (SSSR count). The third-order valence-electron chi connectivity index (χ3n) is 3.21. The molecule has 0 fully saturated rings. The number of carboxylic acid groups (broad SMARTS) is 1. The van der Waals surface area contributed by atoms with E-state index in [2.05, 4.69) is 5.32 Å². The Hall–Kier alpha value is -3.02. The number of benzene rings is 2. The summed E-state index contributed by atoms with van der Waals surface area (Å²) in [5.74, 6) is -0.306. The summed E-state index contributed by atoms with van der Waals surface area (Å²) in [6.45, 7) is 3.68. The normalized spacial score (nSPS) is 10.4. The fourth-order valence-corrected chi connectivity index (χ4v) is 2.18. The molecule has 6 heteroatoms. The Kier molecular flexibility index (Phi) is 6.39. The van der Waals surface area contributed by atoms with Gasteiger partial charge in [-0.1, -0.05) is 24.3 Å². The van der Waals surface area contributed by atoms with Crippen molar-refractivity contribution in [3.05, 3.63) is 59.7 Å². The summed E-state index contributed by atoms with van der Waals surface area (Å²) < 4.78 is 10.8. The number of aliphatic carboxylic acids is 1. The average Bonchev–Trinajstić information content (AvgIpc) is 2.58. The van der Waals surface area contributed by atoms with Crippen LogP contribution < -0.4 is 14.8 Å². The molecule has 0 bridgehead atoms. The van der Waals surface area contributed by atoms with E-state index in [1.54, 1.807) is 36.4 Å². The zero-order valence-corrected chi connectivity index (χ0v) is 14.2. The fourth-order valence-electron chi connectivity index (χ4n) is 2.18. The average molecular weight is 343 g/mol. The summed E-state index contributed by atoms with van der Waals surface area (Å²) in [5, 5.41) is 11.5. The lowest BCUT2D eigenvalue weighted by atomic mass is 10.1. The monoisotopic (exact) mass is 343 g/mol. The van der Waals surface area contributed by atoms with Gasteiger partial charge in [-0.2, -0.15) is 0 Å². The van der Waals surface area contributed by atoms with E-state index in [4.69, 9.17) is 14.6 Å². The molecule has 0 aromatic heterocycles. The van der Waals surface area contributed by atoms with Crippen molar-refractivity contribution in [2.45, 2.75) is 26.5 Å². The largest absolute Gasteiger partial charge is 0.490 e. The third-order valence-corrected chi connectivity index (χ3v) is 3.21. The molecule has 1 amide bonds. The predicted octanol–water partition coefficient (Wildman–Crippen LogP) is 2.87. The highest BCUT2D eigenvalue weighted by atomic mass is 16.5. The van der Waals surface area contributed by atoms with Crippen LogP contribution in [-0.2, 0) is 11.3 Å². The molecule has 0 unspecified atom stereocenters. The summed E-state index contributed by atoms with van der Waals surface area (Å²) in [5.41, 5.74) is 1.27. The summed E-state index contributed by atoms with van der Waals surface area (Å²) in [6, 6.07) is 14.0. The van der Waals surface area contributed by atoms with Crippen molar-refractivity contribution < 1.29 is 24.2 Å². The van der Waals surface area contributed by atoms with Crippen LogP contribution in [0.1, 0.15) is 29.8 Å². The van der Waals surface area contributed by atoms with E-state index in [1.165, 1.54) is 0 Å². The first kappa shape index (κ1) is 18.3. The molecular formula is C19H21NO5. The molecule has 6 nitrogen and oxygen atoms in total. The summed E-state index contributed by atoms with van der Waals surface area (Å²) in [7, 11) is 0. The molecule has 0 saturated heterocycles. The van der Waals surface area contributed by atoms with Crippen LogP contribution in [0.3, 0.4) is 0 Å². The van der Waals surface area contributed by atoms with Crippen LogP contribution in [0.5, 0.6) is 11.5 Å². The van der Waals surface area contributed by atoms with Gasteiger partial charge in [-0.3, -0.25) is 4.79 Å². The van der Waals surface area contributed by atoms with Gasteiger partial charge < -0.3 is 19.9 Å². The number of rotatable bonds is 8. The highest BCUT2D eigenvalue weighted by molar-refractivity contribution is 5.96. The van der Waals surface area contributed by atoms with Gasteiger partial charge in [0.1, 0.15) is 11.5 Å². The molecule has 0 saturated carbocycles. The zero-order chi connectivity index (χ0) is 18.2. The van der Waals surface area contributed by atoms with Gasteiger partial charge in [0, 0.05) is 6.54 Å². The van der Waals surface area contributed by atoms with E-state index < -0.39 is 12.6 Å². The van der Waals surface area contributed by atoms with Crippen LogP contribution in [-0.4, -0.2) is 29.7 Å². The maximum atomic E-state index is 12.4. The first-order chi connectivity index (χ1) is 12.0. The number of hydrogen-bond donors (Lipinski definition) is 2. The number of nitrogens with one attached hydrogen (secondary N) is 1. The summed E-state index contributed by atoms with van der Waals surface area (Å²) in [4.78, 5) is 23.0. The standard InChI is InChI=1S/C19H21NO5/c1-13(2)25-17-9-4-3-8-16(17)19(23)20-11-14-6-5-7-15(10-14)24-12-18(21)22/h3-10,13H,11-12H2,1-2H3,(H,20,23)(H,21,22). The van der Waals surface area contributed by atoms with Gasteiger partial charge in [-0.05, 0) is 43.7 Å². The Morgan fingerprint density at radius 2 is 1.88 bits per heavy atom. The minimum atomic E-state index is -1.04. The number of carbonyl (C=O) groups is 2. The number of amides is 1. The second-order valence-electron chi connectivity index (χ2n) is 5.68. The molecule has 2 aromatic rings. The van der Waals surface area contributed by atoms with E-state index in [9.17, 15) is 9.59 Å². The molecule has 0 heterocycles. The third kappa shape index (κ3) is 5.84. The molecular weight excluding hydrogens is 322 g/mol. The minimum Gasteiger partial charge on any atom is -0.490 e. The van der Waals surface area contributed by atoms with Gasteiger partial charge in [0.2, 0.25) is 0 Å². The highest BCUT2D eigenvalue weighted by Gasteiger charge is 2.13. The van der Waals surface area contributed by atoms with Crippen molar-refractivity contribution in [2.75, 3.05) is 6.61 Å². The number of ether oxygens (including phenoxy) is 2. The van der Waals surface area contributed by atoms with Crippen molar-refractivity contribution in [1.29, 1.82) is 0 Å². The van der Waals surface area contributed by atoms with E-state index in [1.807, 2.05) is 26.0 Å². The number of para-hydroxylation sites is 1. The molecule has 2 N–H and O–H groups in total. The van der Waals surface area contributed by atoms with Crippen LogP contribution in [0.25, 0.3) is 0 Å². The molecule has 2 aromatic carbocycles. The Morgan fingerprint density at radius 3 is 2.60 bits per heavy atom. The van der Waals surface area contributed by atoms with Crippen LogP contribution in [0.2, 0.25) is 0 Å². The lowest BCUT2D eigenvalue weighted by molar-refractivity contribution is -0.139. The number of carbonyl (C=O) groups excluding carboxylic acids is 1. The predicted molar refractivity (Wildman–Crippen MR) is 92.9 cm³/mol. The van der Waals surface area contributed by atoms with Gasteiger partial charge in [-0.25, -0.2) is 4.79 Å². The molecule has 0 aliphatic heterocycles. The zero-order valence-electron chi connectivity index (χ0n) is 14.2. The highest BCUT2D eigenvalue weighted by Crippen LogP contribution is 2.19. The van der Waals surface area contributed by atoms with Gasteiger partial charge in [-0.15, -0.1) is 0 Å². The van der Waals surface area contributed by atoms with Crippen molar-refractivity contribution >= 4 is 11.9 Å². The minimum absolute atomic E-state index is 0.0305. The molecule has 0 aliphatic carbocycles. The molecule has 25 heavy (non-hydrogen) atoms. The quantitative estimate of drug-likeness (QED) is 0.770. The Labute approximate surface area is 146 Å². The van der Waals surface area contributed by atoms with Crippen molar-refractivity contribution in [3.63, 3.8) is 0 Å². The Balaban J connectivity index is 2.01. The molecule has 132 valence electrons. The summed E-state index contributed by atoms with van der Waals surface area (Å²) in [6.07, 6.45) is -0.0305.